The molecule has 1 heteroatoms. The molecule has 0 spiro atoms. The molecule has 0 nitrogen and oxygen atoms in total. The van der Waals surface area contributed by atoms with E-state index in [2.05, 4.69) is 116 Å². The van der Waals surface area contributed by atoms with Gasteiger partial charge >= 0.3 is 18.9 Å². The van der Waals surface area contributed by atoms with E-state index in [1.54, 1.807) is 0 Å². The molecule has 31 heavy (non-hydrogen) atoms. The number of hydrogen-bond donors (Lipinski definition) is 0. The zero-order valence-corrected chi connectivity index (χ0v) is 21.0. The second kappa shape index (κ2) is 10.7. The Bertz CT molecular complexity index is 877. The third-order valence-corrected chi connectivity index (χ3v) is 6.08. The molecule has 0 aromatic heterocycles. The minimum Gasteiger partial charge on any atom is -0.129 e. The van der Waals surface area contributed by atoms with E-state index in [1.165, 1.54) is 44.5 Å². The van der Waals surface area contributed by atoms with Gasteiger partial charge in [-0.25, -0.2) is 0 Å². The molecule has 0 atom stereocenters. The average Bonchev–Trinajstić information content (AvgIpc) is 2.72. The van der Waals surface area contributed by atoms with Gasteiger partial charge < -0.3 is 0 Å². The molecular formula is C30H37Li. The van der Waals surface area contributed by atoms with Crippen LogP contribution < -0.4 is 18.9 Å². The summed E-state index contributed by atoms with van der Waals surface area (Å²) >= 11 is 0. The van der Waals surface area contributed by atoms with Gasteiger partial charge in [-0.1, -0.05) is 125 Å². The summed E-state index contributed by atoms with van der Waals surface area (Å²) in [4.78, 5) is 0. The molecule has 0 heterocycles. The van der Waals surface area contributed by atoms with E-state index in [0.29, 0.717) is 23.7 Å². The van der Waals surface area contributed by atoms with Gasteiger partial charge in [-0.15, -0.1) is 35.4 Å². The van der Waals surface area contributed by atoms with Crippen molar-refractivity contribution in [1.82, 2.24) is 0 Å². The Morgan fingerprint density at radius 1 is 0.452 bits per heavy atom. The van der Waals surface area contributed by atoms with Crippen molar-refractivity contribution >= 4 is 0 Å². The number of benzene rings is 3. The third kappa shape index (κ3) is 5.37. The molecule has 0 aliphatic rings. The molecule has 3 rings (SSSR count). The summed E-state index contributed by atoms with van der Waals surface area (Å²) in [7, 11) is 0. The van der Waals surface area contributed by atoms with Crippen LogP contribution in [0.3, 0.4) is 0 Å². The summed E-state index contributed by atoms with van der Waals surface area (Å²) in [5.41, 5.74) is 10.8. The fourth-order valence-corrected chi connectivity index (χ4v) is 4.48. The molecule has 0 fully saturated rings. The van der Waals surface area contributed by atoms with E-state index >= 15 is 0 Å². The SMILES string of the molecule is CC(C)c1cccc(C(C)C)c1-c1[c-]c(-c2c(C(C)C)cccc2C(C)C)ccc1.[Li+]. The molecule has 0 saturated heterocycles. The standard InChI is InChI=1S/C30H37.Li/c1-19(2)25-14-10-15-26(20(3)4)29(25)23-12-9-13-24(18-23)30-27(21(5)6)16-11-17-28(30)22(7)8;/h9-17,19-22H,1-8H3;/q-1;+1. The van der Waals surface area contributed by atoms with Crippen LogP contribution in [0.5, 0.6) is 0 Å². The van der Waals surface area contributed by atoms with Crippen LogP contribution >= 0.6 is 0 Å². The quantitative estimate of drug-likeness (QED) is 0.333. The maximum Gasteiger partial charge on any atom is 1.00 e. The summed E-state index contributed by atoms with van der Waals surface area (Å²) in [6, 6.07) is 24.1. The van der Waals surface area contributed by atoms with Gasteiger partial charge in [-0.2, -0.15) is 0 Å². The van der Waals surface area contributed by atoms with Gasteiger partial charge in [-0.05, 0) is 23.7 Å². The summed E-state index contributed by atoms with van der Waals surface area (Å²) < 4.78 is 0. The molecule has 0 aliphatic carbocycles. The maximum atomic E-state index is 3.86. The third-order valence-electron chi connectivity index (χ3n) is 6.08. The first-order valence-corrected chi connectivity index (χ1v) is 11.5. The van der Waals surface area contributed by atoms with Crippen LogP contribution in [0.25, 0.3) is 22.3 Å². The monoisotopic (exact) mass is 404 g/mol. The zero-order chi connectivity index (χ0) is 22.0. The summed E-state index contributed by atoms with van der Waals surface area (Å²) in [6.45, 7) is 18.3. The van der Waals surface area contributed by atoms with Gasteiger partial charge in [0.05, 0.1) is 0 Å². The summed E-state index contributed by atoms with van der Waals surface area (Å²) in [5.74, 6) is 1.91. The van der Waals surface area contributed by atoms with E-state index in [0.717, 1.165) is 0 Å². The van der Waals surface area contributed by atoms with Crippen LogP contribution in [0.2, 0.25) is 0 Å². The maximum absolute atomic E-state index is 3.86. The molecule has 0 amide bonds. The van der Waals surface area contributed by atoms with Crippen molar-refractivity contribution < 1.29 is 18.9 Å². The Kier molecular flexibility index (Phi) is 8.82. The van der Waals surface area contributed by atoms with Crippen LogP contribution in [0.1, 0.15) is 101 Å². The second-order valence-corrected chi connectivity index (χ2v) is 9.72. The fraction of sp³-hybridized carbons (Fsp3) is 0.400. The van der Waals surface area contributed by atoms with E-state index in [4.69, 9.17) is 0 Å². The van der Waals surface area contributed by atoms with Crippen LogP contribution in [0.15, 0.2) is 54.6 Å². The molecule has 0 saturated carbocycles. The molecule has 0 bridgehead atoms. The summed E-state index contributed by atoms with van der Waals surface area (Å²) in [6.07, 6.45) is 0. The van der Waals surface area contributed by atoms with Crippen molar-refractivity contribution in [3.8, 4) is 22.3 Å². The Morgan fingerprint density at radius 2 is 0.710 bits per heavy atom. The number of rotatable bonds is 6. The average molecular weight is 405 g/mol. The Labute approximate surface area is 202 Å². The number of hydrogen-bond acceptors (Lipinski definition) is 0. The topological polar surface area (TPSA) is 0 Å². The molecule has 3 aromatic rings. The van der Waals surface area contributed by atoms with E-state index < -0.39 is 0 Å². The van der Waals surface area contributed by atoms with Crippen molar-refractivity contribution in [2.75, 3.05) is 0 Å². The Morgan fingerprint density at radius 3 is 0.968 bits per heavy atom. The molecule has 3 aromatic carbocycles. The first kappa shape index (κ1) is 25.5. The fourth-order valence-electron chi connectivity index (χ4n) is 4.48. The molecular weight excluding hydrogens is 367 g/mol. The van der Waals surface area contributed by atoms with Crippen molar-refractivity contribution in [3.63, 3.8) is 0 Å². The van der Waals surface area contributed by atoms with E-state index in [9.17, 15) is 0 Å². The molecule has 0 N–H and O–H groups in total. The van der Waals surface area contributed by atoms with Crippen molar-refractivity contribution in [1.29, 1.82) is 0 Å². The van der Waals surface area contributed by atoms with Gasteiger partial charge in [0, 0.05) is 0 Å². The van der Waals surface area contributed by atoms with Gasteiger partial charge in [0.1, 0.15) is 0 Å². The molecule has 0 unspecified atom stereocenters. The first-order valence-electron chi connectivity index (χ1n) is 11.5. The van der Waals surface area contributed by atoms with E-state index in [-0.39, 0.29) is 18.9 Å². The molecule has 0 radical (unpaired) electrons. The predicted octanol–water partition coefficient (Wildman–Crippen LogP) is 6.32. The zero-order valence-electron chi connectivity index (χ0n) is 21.0. The van der Waals surface area contributed by atoms with Crippen LogP contribution in [-0.2, 0) is 0 Å². The van der Waals surface area contributed by atoms with Crippen molar-refractivity contribution in [3.05, 3.63) is 82.9 Å². The first-order chi connectivity index (χ1) is 14.2. The largest absolute Gasteiger partial charge is 1.00 e. The summed E-state index contributed by atoms with van der Waals surface area (Å²) in [5, 5.41) is 0. The van der Waals surface area contributed by atoms with Crippen LogP contribution in [-0.4, -0.2) is 0 Å². The second-order valence-electron chi connectivity index (χ2n) is 9.72. The Balaban J connectivity index is 0.00000341. The van der Waals surface area contributed by atoms with Gasteiger partial charge in [0.15, 0.2) is 0 Å². The van der Waals surface area contributed by atoms with Crippen LogP contribution in [0.4, 0.5) is 0 Å². The minimum atomic E-state index is 0. The molecule has 158 valence electrons. The smallest absolute Gasteiger partial charge is 0.129 e. The van der Waals surface area contributed by atoms with Crippen LogP contribution in [0, 0.1) is 6.07 Å². The normalized spacial score (nSPS) is 11.5. The van der Waals surface area contributed by atoms with Crippen molar-refractivity contribution in [2.24, 2.45) is 0 Å². The molecule has 0 aliphatic heterocycles. The van der Waals surface area contributed by atoms with Gasteiger partial charge in [0.2, 0.25) is 0 Å². The minimum absolute atomic E-state index is 0. The predicted molar refractivity (Wildman–Crippen MR) is 133 cm³/mol. The van der Waals surface area contributed by atoms with Gasteiger partial charge in [0.25, 0.3) is 0 Å². The van der Waals surface area contributed by atoms with Gasteiger partial charge in [-0.3, -0.25) is 0 Å². The van der Waals surface area contributed by atoms with E-state index in [1.807, 2.05) is 0 Å². The Hall–Kier alpha value is -1.74. The van der Waals surface area contributed by atoms with Crippen molar-refractivity contribution in [2.45, 2.75) is 79.1 Å².